The molecule has 0 radical (unpaired) electrons. The Labute approximate surface area is 144 Å². The van der Waals surface area contributed by atoms with Crippen LogP contribution in [0.2, 0.25) is 0 Å². The molecule has 0 spiro atoms. The number of carbonyl (C=O) groups is 2. The summed E-state index contributed by atoms with van der Waals surface area (Å²) in [6, 6.07) is 7.11. The summed E-state index contributed by atoms with van der Waals surface area (Å²) in [6.45, 7) is 2.84. The highest BCUT2D eigenvalue weighted by Gasteiger charge is 2.19. The fourth-order valence-electron chi connectivity index (χ4n) is 2.53. The Morgan fingerprint density at radius 2 is 2.04 bits per heavy atom. The number of nitrogens with zero attached hydrogens (tertiary/aromatic N) is 1. The van der Waals surface area contributed by atoms with E-state index in [-0.39, 0.29) is 5.91 Å². The van der Waals surface area contributed by atoms with Crippen molar-refractivity contribution >= 4 is 34.6 Å². The van der Waals surface area contributed by atoms with E-state index in [4.69, 9.17) is 9.47 Å². The van der Waals surface area contributed by atoms with Crippen molar-refractivity contribution in [3.05, 3.63) is 46.2 Å². The molecule has 1 N–H and O–H groups in total. The first-order chi connectivity index (χ1) is 11.7. The van der Waals surface area contributed by atoms with Gasteiger partial charge in [0, 0.05) is 24.2 Å². The van der Waals surface area contributed by atoms with E-state index in [9.17, 15) is 9.59 Å². The molecule has 3 rings (SSSR count). The zero-order valence-electron chi connectivity index (χ0n) is 13.3. The molecular formula is C17H18N2O4S. The Balaban J connectivity index is 1.87. The van der Waals surface area contributed by atoms with Gasteiger partial charge in [0.25, 0.3) is 5.91 Å². The predicted octanol–water partition coefficient (Wildman–Crippen LogP) is 2.62. The van der Waals surface area contributed by atoms with E-state index in [1.54, 1.807) is 23.6 Å². The molecule has 1 aliphatic rings. The molecule has 7 heteroatoms. The van der Waals surface area contributed by atoms with Crippen molar-refractivity contribution in [1.82, 2.24) is 0 Å². The summed E-state index contributed by atoms with van der Waals surface area (Å²) < 4.78 is 10.2. The Morgan fingerprint density at radius 1 is 1.25 bits per heavy atom. The maximum Gasteiger partial charge on any atom is 0.340 e. The highest BCUT2D eigenvalue weighted by Crippen LogP contribution is 2.25. The number of rotatable bonds is 4. The van der Waals surface area contributed by atoms with Crippen LogP contribution < -0.4 is 10.2 Å². The van der Waals surface area contributed by atoms with Crippen molar-refractivity contribution in [1.29, 1.82) is 0 Å². The Bertz CT molecular complexity index is 724. The van der Waals surface area contributed by atoms with E-state index in [1.807, 2.05) is 11.4 Å². The van der Waals surface area contributed by atoms with Crippen LogP contribution in [-0.4, -0.2) is 45.3 Å². The van der Waals surface area contributed by atoms with Crippen molar-refractivity contribution in [3.63, 3.8) is 0 Å². The Hall–Kier alpha value is -2.38. The number of thiophene rings is 1. The predicted molar refractivity (Wildman–Crippen MR) is 93.1 cm³/mol. The summed E-state index contributed by atoms with van der Waals surface area (Å²) in [5.41, 5.74) is 2.25. The molecule has 0 saturated carbocycles. The van der Waals surface area contributed by atoms with Crippen LogP contribution in [0.25, 0.3) is 0 Å². The third-order valence-corrected chi connectivity index (χ3v) is 4.50. The van der Waals surface area contributed by atoms with Gasteiger partial charge in [-0.1, -0.05) is 0 Å². The van der Waals surface area contributed by atoms with Gasteiger partial charge in [0.05, 0.1) is 37.1 Å². The quantitative estimate of drug-likeness (QED) is 0.862. The van der Waals surface area contributed by atoms with Crippen LogP contribution in [0.5, 0.6) is 0 Å². The van der Waals surface area contributed by atoms with E-state index >= 15 is 0 Å². The van der Waals surface area contributed by atoms with E-state index < -0.39 is 5.97 Å². The second-order valence-electron chi connectivity index (χ2n) is 5.29. The molecule has 1 aromatic heterocycles. The van der Waals surface area contributed by atoms with Crippen LogP contribution in [0.4, 0.5) is 11.4 Å². The van der Waals surface area contributed by atoms with Crippen molar-refractivity contribution in [2.75, 3.05) is 43.6 Å². The average Bonchev–Trinajstić information content (AvgIpc) is 3.17. The molecule has 1 saturated heterocycles. The van der Waals surface area contributed by atoms with Gasteiger partial charge in [-0.3, -0.25) is 4.79 Å². The third-order valence-electron chi connectivity index (χ3n) is 3.82. The summed E-state index contributed by atoms with van der Waals surface area (Å²) in [5, 5.41) is 6.37. The molecule has 24 heavy (non-hydrogen) atoms. The number of amides is 1. The first-order valence-electron chi connectivity index (χ1n) is 7.57. The first-order valence-corrected chi connectivity index (χ1v) is 8.52. The van der Waals surface area contributed by atoms with E-state index in [2.05, 4.69) is 10.2 Å². The Morgan fingerprint density at radius 3 is 2.71 bits per heavy atom. The van der Waals surface area contributed by atoms with Gasteiger partial charge in [-0.05, 0) is 29.6 Å². The smallest absolute Gasteiger partial charge is 0.340 e. The fraction of sp³-hybridized carbons (Fsp3) is 0.294. The van der Waals surface area contributed by atoms with E-state index in [1.165, 1.54) is 18.4 Å². The summed E-state index contributed by atoms with van der Waals surface area (Å²) in [7, 11) is 1.33. The monoisotopic (exact) mass is 346 g/mol. The minimum Gasteiger partial charge on any atom is -0.465 e. The third kappa shape index (κ3) is 3.58. The summed E-state index contributed by atoms with van der Waals surface area (Å²) in [4.78, 5) is 26.5. The van der Waals surface area contributed by atoms with Gasteiger partial charge in [0.2, 0.25) is 0 Å². The molecular weight excluding hydrogens is 328 g/mol. The molecule has 6 nitrogen and oxygen atoms in total. The highest BCUT2D eigenvalue weighted by atomic mass is 32.1. The number of benzene rings is 1. The lowest BCUT2D eigenvalue weighted by Gasteiger charge is -2.29. The van der Waals surface area contributed by atoms with Crippen LogP contribution in [0.15, 0.2) is 35.0 Å². The SMILES string of the molecule is COC(=O)c1cc(N2CCOCC2)ccc1NC(=O)c1ccsc1. The zero-order valence-corrected chi connectivity index (χ0v) is 14.1. The van der Waals surface area contributed by atoms with Gasteiger partial charge >= 0.3 is 5.97 Å². The van der Waals surface area contributed by atoms with Crippen LogP contribution in [0, 0.1) is 0 Å². The lowest BCUT2D eigenvalue weighted by molar-refractivity contribution is 0.0602. The van der Waals surface area contributed by atoms with Crippen molar-refractivity contribution in [2.24, 2.45) is 0 Å². The number of esters is 1. The van der Waals surface area contributed by atoms with Gasteiger partial charge in [-0.25, -0.2) is 4.79 Å². The molecule has 0 bridgehead atoms. The largest absolute Gasteiger partial charge is 0.465 e. The summed E-state index contributed by atoms with van der Waals surface area (Å²) in [5.74, 6) is -0.730. The van der Waals surface area contributed by atoms with Crippen LogP contribution in [-0.2, 0) is 9.47 Å². The Kier molecular flexibility index (Phi) is 5.12. The van der Waals surface area contributed by atoms with Crippen LogP contribution >= 0.6 is 11.3 Å². The van der Waals surface area contributed by atoms with Crippen LogP contribution in [0.1, 0.15) is 20.7 Å². The number of hydrogen-bond donors (Lipinski definition) is 1. The maximum absolute atomic E-state index is 12.2. The highest BCUT2D eigenvalue weighted by molar-refractivity contribution is 7.08. The molecule has 0 atom stereocenters. The number of carbonyl (C=O) groups excluding carboxylic acids is 2. The second kappa shape index (κ2) is 7.46. The minimum atomic E-state index is -0.481. The van der Waals surface area contributed by atoms with Crippen molar-refractivity contribution in [2.45, 2.75) is 0 Å². The summed E-state index contributed by atoms with van der Waals surface area (Å²) in [6.07, 6.45) is 0. The maximum atomic E-state index is 12.2. The first kappa shape index (κ1) is 16.5. The fourth-order valence-corrected chi connectivity index (χ4v) is 3.16. The molecule has 1 aliphatic heterocycles. The standard InChI is InChI=1S/C17H18N2O4S/c1-22-17(21)14-10-13(19-5-7-23-8-6-19)2-3-15(14)18-16(20)12-4-9-24-11-12/h2-4,9-11H,5-8H2,1H3,(H,18,20). The number of morpholine rings is 1. The minimum absolute atomic E-state index is 0.250. The number of hydrogen-bond acceptors (Lipinski definition) is 6. The average molecular weight is 346 g/mol. The normalized spacial score (nSPS) is 14.3. The molecule has 1 aromatic carbocycles. The van der Waals surface area contributed by atoms with Gasteiger partial charge in [0.1, 0.15) is 0 Å². The molecule has 2 heterocycles. The molecule has 1 fully saturated rings. The number of ether oxygens (including phenoxy) is 2. The van der Waals surface area contributed by atoms with Gasteiger partial charge in [0.15, 0.2) is 0 Å². The topological polar surface area (TPSA) is 67.9 Å². The number of methoxy groups -OCH3 is 1. The summed E-state index contributed by atoms with van der Waals surface area (Å²) >= 11 is 1.44. The molecule has 0 unspecified atom stereocenters. The van der Waals surface area contributed by atoms with Gasteiger partial charge in [-0.15, -0.1) is 0 Å². The van der Waals surface area contributed by atoms with E-state index in [0.29, 0.717) is 30.0 Å². The van der Waals surface area contributed by atoms with Crippen molar-refractivity contribution in [3.8, 4) is 0 Å². The lowest BCUT2D eigenvalue weighted by Crippen LogP contribution is -2.36. The number of nitrogens with one attached hydrogen (secondary N) is 1. The van der Waals surface area contributed by atoms with E-state index in [0.717, 1.165) is 18.8 Å². The molecule has 126 valence electrons. The molecule has 1 amide bonds. The molecule has 2 aromatic rings. The zero-order chi connectivity index (χ0) is 16.9. The van der Waals surface area contributed by atoms with Gasteiger partial charge in [-0.2, -0.15) is 11.3 Å². The molecule has 0 aliphatic carbocycles. The number of anilines is 2. The van der Waals surface area contributed by atoms with Crippen LogP contribution in [0.3, 0.4) is 0 Å². The van der Waals surface area contributed by atoms with Gasteiger partial charge < -0.3 is 19.7 Å². The van der Waals surface area contributed by atoms with Crippen molar-refractivity contribution < 1.29 is 19.1 Å². The lowest BCUT2D eigenvalue weighted by atomic mass is 10.1. The second-order valence-corrected chi connectivity index (χ2v) is 6.07.